The van der Waals surface area contributed by atoms with E-state index in [0.717, 1.165) is 25.7 Å². The molecule has 2 fully saturated rings. The summed E-state index contributed by atoms with van der Waals surface area (Å²) < 4.78 is 33.1. The molecule has 1 aromatic rings. The van der Waals surface area contributed by atoms with Gasteiger partial charge in [-0.2, -0.15) is 4.31 Å². The number of amides is 1. The molecular formula is C21H31ClN2O4S. The molecule has 0 unspecified atom stereocenters. The van der Waals surface area contributed by atoms with Crippen molar-refractivity contribution in [3.05, 3.63) is 23.2 Å². The van der Waals surface area contributed by atoms with Gasteiger partial charge in [-0.05, 0) is 43.9 Å². The minimum absolute atomic E-state index is 0.0199. The first-order valence-corrected chi connectivity index (χ1v) is 12.4. The third-order valence-corrected chi connectivity index (χ3v) is 8.07. The summed E-state index contributed by atoms with van der Waals surface area (Å²) in [5.74, 6) is -0.0850. The van der Waals surface area contributed by atoms with Gasteiger partial charge in [0.2, 0.25) is 15.9 Å². The van der Waals surface area contributed by atoms with Crippen molar-refractivity contribution in [2.45, 2.75) is 68.7 Å². The van der Waals surface area contributed by atoms with E-state index in [1.807, 2.05) is 0 Å². The zero-order valence-electron chi connectivity index (χ0n) is 17.0. The molecule has 1 aliphatic heterocycles. The molecule has 1 saturated carbocycles. The fraction of sp³-hybridized carbons (Fsp3) is 0.667. The van der Waals surface area contributed by atoms with Crippen molar-refractivity contribution in [3.63, 3.8) is 0 Å². The van der Waals surface area contributed by atoms with Gasteiger partial charge in [0.15, 0.2) is 0 Å². The molecule has 1 atom stereocenters. The molecule has 1 amide bonds. The van der Waals surface area contributed by atoms with Crippen LogP contribution in [0.1, 0.15) is 57.8 Å². The Kier molecular flexibility index (Phi) is 7.82. The van der Waals surface area contributed by atoms with E-state index in [2.05, 4.69) is 5.32 Å². The van der Waals surface area contributed by atoms with Crippen LogP contribution in [0.5, 0.6) is 5.75 Å². The molecule has 29 heavy (non-hydrogen) atoms. The van der Waals surface area contributed by atoms with E-state index in [-0.39, 0.29) is 35.1 Å². The van der Waals surface area contributed by atoms with Crippen molar-refractivity contribution < 1.29 is 17.9 Å². The lowest BCUT2D eigenvalue weighted by atomic mass is 9.94. The number of benzene rings is 1. The minimum Gasteiger partial charge on any atom is -0.495 e. The number of carbonyl (C=O) groups excluding carboxylic acids is 1. The van der Waals surface area contributed by atoms with Crippen LogP contribution in [0.25, 0.3) is 0 Å². The summed E-state index contributed by atoms with van der Waals surface area (Å²) in [7, 11) is -2.36. The molecule has 1 aliphatic carbocycles. The van der Waals surface area contributed by atoms with E-state index in [1.165, 1.54) is 36.7 Å². The third kappa shape index (κ3) is 5.64. The topological polar surface area (TPSA) is 75.7 Å². The molecule has 0 spiro atoms. The average molecular weight is 443 g/mol. The number of sulfonamides is 1. The molecular weight excluding hydrogens is 412 g/mol. The molecule has 0 radical (unpaired) electrons. The van der Waals surface area contributed by atoms with Crippen LogP contribution in [0.4, 0.5) is 0 Å². The van der Waals surface area contributed by atoms with Crippen LogP contribution in [-0.2, 0) is 14.8 Å². The lowest BCUT2D eigenvalue weighted by Gasteiger charge is -2.32. The molecule has 1 saturated heterocycles. The van der Waals surface area contributed by atoms with Crippen LogP contribution < -0.4 is 10.1 Å². The lowest BCUT2D eigenvalue weighted by Crippen LogP contribution is -2.47. The predicted molar refractivity (Wildman–Crippen MR) is 114 cm³/mol. The number of hydrogen-bond donors (Lipinski definition) is 1. The summed E-state index contributed by atoms with van der Waals surface area (Å²) >= 11 is 6.03. The van der Waals surface area contributed by atoms with E-state index < -0.39 is 10.0 Å². The molecule has 1 heterocycles. The fourth-order valence-corrected chi connectivity index (χ4v) is 6.23. The van der Waals surface area contributed by atoms with Gasteiger partial charge in [-0.25, -0.2) is 8.42 Å². The lowest BCUT2D eigenvalue weighted by molar-refractivity contribution is -0.126. The number of nitrogens with one attached hydrogen (secondary N) is 1. The summed E-state index contributed by atoms with van der Waals surface area (Å²) in [6.45, 7) is 0.585. The number of piperidine rings is 1. The maximum absolute atomic E-state index is 13.2. The van der Waals surface area contributed by atoms with Gasteiger partial charge in [-0.1, -0.05) is 43.7 Å². The largest absolute Gasteiger partial charge is 0.495 e. The van der Waals surface area contributed by atoms with Gasteiger partial charge in [0.25, 0.3) is 0 Å². The van der Waals surface area contributed by atoms with E-state index in [9.17, 15) is 13.2 Å². The summed E-state index contributed by atoms with van der Waals surface area (Å²) in [5, 5.41) is 3.53. The van der Waals surface area contributed by atoms with E-state index >= 15 is 0 Å². The fourth-order valence-electron chi connectivity index (χ4n) is 4.29. The van der Waals surface area contributed by atoms with Crippen molar-refractivity contribution >= 4 is 27.5 Å². The summed E-state index contributed by atoms with van der Waals surface area (Å²) in [4.78, 5) is 12.9. The predicted octanol–water partition coefficient (Wildman–Crippen LogP) is 3.98. The number of methoxy groups -OCH3 is 1. The Morgan fingerprint density at radius 3 is 2.48 bits per heavy atom. The quantitative estimate of drug-likeness (QED) is 0.748. The van der Waals surface area contributed by atoms with Gasteiger partial charge < -0.3 is 10.1 Å². The maximum atomic E-state index is 13.2. The summed E-state index contributed by atoms with van der Waals surface area (Å²) in [6.07, 6.45) is 9.41. The van der Waals surface area contributed by atoms with Crippen molar-refractivity contribution in [3.8, 4) is 5.75 Å². The average Bonchev–Trinajstić information content (AvgIpc) is 2.70. The highest BCUT2D eigenvalue weighted by Crippen LogP contribution is 2.32. The normalized spacial score (nSPS) is 22.5. The van der Waals surface area contributed by atoms with Crippen molar-refractivity contribution in [2.75, 3.05) is 20.2 Å². The third-order valence-electron chi connectivity index (χ3n) is 5.95. The molecule has 0 bridgehead atoms. The second-order valence-corrected chi connectivity index (χ2v) is 10.4. The molecule has 1 N–H and O–H groups in total. The molecule has 3 rings (SSSR count). The molecule has 2 aliphatic rings. The van der Waals surface area contributed by atoms with Gasteiger partial charge in [-0.15, -0.1) is 0 Å². The van der Waals surface area contributed by atoms with E-state index in [0.29, 0.717) is 24.4 Å². The Labute approximate surface area is 179 Å². The Bertz CT molecular complexity index is 807. The Hall–Kier alpha value is -1.31. The first kappa shape index (κ1) is 22.4. The van der Waals surface area contributed by atoms with Gasteiger partial charge in [0.1, 0.15) is 10.6 Å². The van der Waals surface area contributed by atoms with Crippen molar-refractivity contribution in [2.24, 2.45) is 5.92 Å². The zero-order chi connectivity index (χ0) is 20.9. The second kappa shape index (κ2) is 10.1. The van der Waals surface area contributed by atoms with Crippen LogP contribution in [0.3, 0.4) is 0 Å². The van der Waals surface area contributed by atoms with Gasteiger partial charge >= 0.3 is 0 Å². The second-order valence-electron chi connectivity index (χ2n) is 8.05. The van der Waals surface area contributed by atoms with Gasteiger partial charge in [0.05, 0.1) is 13.0 Å². The first-order valence-electron chi connectivity index (χ1n) is 10.6. The Morgan fingerprint density at radius 2 is 1.79 bits per heavy atom. The number of rotatable bonds is 5. The summed E-state index contributed by atoms with van der Waals surface area (Å²) in [6, 6.07) is 4.77. The highest BCUT2D eigenvalue weighted by Gasteiger charge is 2.35. The van der Waals surface area contributed by atoms with E-state index in [4.69, 9.17) is 16.3 Å². The van der Waals surface area contributed by atoms with Gasteiger partial charge in [-0.3, -0.25) is 4.79 Å². The zero-order valence-corrected chi connectivity index (χ0v) is 18.6. The highest BCUT2D eigenvalue weighted by atomic mass is 35.5. The maximum Gasteiger partial charge on any atom is 0.246 e. The number of hydrogen-bond acceptors (Lipinski definition) is 4. The van der Waals surface area contributed by atoms with Crippen molar-refractivity contribution in [1.82, 2.24) is 9.62 Å². The Balaban J connectivity index is 1.69. The number of ether oxygens (including phenoxy) is 1. The van der Waals surface area contributed by atoms with Crippen LogP contribution >= 0.6 is 11.6 Å². The van der Waals surface area contributed by atoms with E-state index in [1.54, 1.807) is 12.1 Å². The van der Waals surface area contributed by atoms with Crippen LogP contribution in [0.2, 0.25) is 5.02 Å². The van der Waals surface area contributed by atoms with Gasteiger partial charge in [0, 0.05) is 24.2 Å². The SMILES string of the molecule is COc1ccc(Cl)cc1S(=O)(=O)N1CCC[C@@H](C(=O)NC2CCCCCCC2)C1. The van der Waals surface area contributed by atoms with Crippen molar-refractivity contribution in [1.29, 1.82) is 0 Å². The van der Waals surface area contributed by atoms with Crippen LogP contribution in [0.15, 0.2) is 23.1 Å². The summed E-state index contributed by atoms with van der Waals surface area (Å²) in [5.41, 5.74) is 0. The Morgan fingerprint density at radius 1 is 1.10 bits per heavy atom. The monoisotopic (exact) mass is 442 g/mol. The first-order chi connectivity index (χ1) is 13.9. The number of carbonyl (C=O) groups is 1. The molecule has 6 nitrogen and oxygen atoms in total. The van der Waals surface area contributed by atoms with Crippen LogP contribution in [0, 0.1) is 5.92 Å². The number of nitrogens with zero attached hydrogens (tertiary/aromatic N) is 1. The molecule has 0 aromatic heterocycles. The molecule has 1 aromatic carbocycles. The molecule has 8 heteroatoms. The minimum atomic E-state index is -3.79. The highest BCUT2D eigenvalue weighted by molar-refractivity contribution is 7.89. The smallest absolute Gasteiger partial charge is 0.246 e. The van der Waals surface area contributed by atoms with Crippen LogP contribution in [-0.4, -0.2) is 44.9 Å². The molecule has 162 valence electrons. The number of halogens is 1. The standard InChI is InChI=1S/C21H31ClN2O4S/c1-28-19-12-11-17(22)14-20(19)29(26,27)24-13-7-8-16(15-24)21(25)23-18-9-5-3-2-4-6-10-18/h11-12,14,16,18H,2-10,13,15H2,1H3,(H,23,25)/t16-/m1/s1.